The second-order valence-corrected chi connectivity index (χ2v) is 7.02. The predicted octanol–water partition coefficient (Wildman–Crippen LogP) is 2.60. The van der Waals surface area contributed by atoms with Crippen LogP contribution in [-0.4, -0.2) is 73.1 Å². The number of rotatable bonds is 2. The van der Waals surface area contributed by atoms with Crippen LogP contribution in [0.3, 0.4) is 0 Å². The van der Waals surface area contributed by atoms with Gasteiger partial charge in [-0.25, -0.2) is 13.6 Å². The van der Waals surface area contributed by atoms with Crippen molar-refractivity contribution >= 4 is 11.7 Å². The van der Waals surface area contributed by atoms with Gasteiger partial charge < -0.3 is 15.1 Å². The molecular weight excluding hydrogens is 326 g/mol. The molecular formula is C18H26F2N4O. The van der Waals surface area contributed by atoms with Crippen LogP contribution in [0.1, 0.15) is 19.3 Å². The lowest BCUT2D eigenvalue weighted by molar-refractivity contribution is 0.0948. The first-order valence-electron chi connectivity index (χ1n) is 8.96. The Morgan fingerprint density at radius 1 is 1.04 bits per heavy atom. The molecule has 1 N–H and O–H groups in total. The van der Waals surface area contributed by atoms with Gasteiger partial charge in [0.2, 0.25) is 0 Å². The van der Waals surface area contributed by atoms with Gasteiger partial charge in [0, 0.05) is 57.1 Å². The molecule has 0 aliphatic carbocycles. The maximum Gasteiger partial charge on any atom is 0.321 e. The van der Waals surface area contributed by atoms with Gasteiger partial charge in [0.1, 0.15) is 11.6 Å². The number of nitrogens with zero attached hydrogens (tertiary/aromatic N) is 3. The summed E-state index contributed by atoms with van der Waals surface area (Å²) in [5.41, 5.74) is 0.155. The van der Waals surface area contributed by atoms with Crippen LogP contribution in [0, 0.1) is 11.6 Å². The summed E-state index contributed by atoms with van der Waals surface area (Å²) in [6.45, 7) is 5.47. The third kappa shape index (κ3) is 4.89. The quantitative estimate of drug-likeness (QED) is 0.889. The van der Waals surface area contributed by atoms with Gasteiger partial charge in [-0.2, -0.15) is 0 Å². The molecule has 2 amide bonds. The summed E-state index contributed by atoms with van der Waals surface area (Å²) in [5.74, 6) is -1.39. The van der Waals surface area contributed by atoms with Crippen LogP contribution in [-0.2, 0) is 0 Å². The number of piperazine rings is 1. The maximum atomic E-state index is 13.3. The average molecular weight is 352 g/mol. The van der Waals surface area contributed by atoms with Crippen molar-refractivity contribution in [1.82, 2.24) is 14.7 Å². The molecule has 138 valence electrons. The molecule has 0 radical (unpaired) electrons. The lowest BCUT2D eigenvalue weighted by Gasteiger charge is -2.39. The highest BCUT2D eigenvalue weighted by Crippen LogP contribution is 2.19. The van der Waals surface area contributed by atoms with Gasteiger partial charge in [-0.3, -0.25) is 4.90 Å². The lowest BCUT2D eigenvalue weighted by atomic mass is 10.1. The fourth-order valence-electron chi connectivity index (χ4n) is 3.62. The molecule has 0 bridgehead atoms. The summed E-state index contributed by atoms with van der Waals surface area (Å²) in [6, 6.07) is 3.13. The van der Waals surface area contributed by atoms with Crippen molar-refractivity contribution in [1.29, 1.82) is 0 Å². The van der Waals surface area contributed by atoms with Crippen molar-refractivity contribution in [2.45, 2.75) is 25.3 Å². The number of halogens is 2. The van der Waals surface area contributed by atoms with E-state index in [1.807, 2.05) is 0 Å². The number of urea groups is 1. The van der Waals surface area contributed by atoms with E-state index >= 15 is 0 Å². The molecule has 1 unspecified atom stereocenters. The lowest BCUT2D eigenvalue weighted by Crippen LogP contribution is -2.52. The largest absolute Gasteiger partial charge is 0.323 e. The fraction of sp³-hybridized carbons (Fsp3) is 0.611. The van der Waals surface area contributed by atoms with Gasteiger partial charge in [0.05, 0.1) is 0 Å². The molecule has 2 heterocycles. The van der Waals surface area contributed by atoms with E-state index in [0.29, 0.717) is 19.1 Å². The molecule has 7 heteroatoms. The maximum absolute atomic E-state index is 13.3. The van der Waals surface area contributed by atoms with E-state index in [9.17, 15) is 13.6 Å². The molecule has 3 rings (SSSR count). The van der Waals surface area contributed by atoms with E-state index < -0.39 is 11.6 Å². The van der Waals surface area contributed by atoms with Crippen LogP contribution in [0.15, 0.2) is 18.2 Å². The molecule has 1 atom stereocenters. The number of anilines is 1. The number of amides is 2. The Balaban J connectivity index is 1.62. The van der Waals surface area contributed by atoms with Crippen molar-refractivity contribution in [2.24, 2.45) is 0 Å². The topological polar surface area (TPSA) is 38.8 Å². The van der Waals surface area contributed by atoms with Crippen molar-refractivity contribution in [2.75, 3.05) is 51.6 Å². The first kappa shape index (κ1) is 18.1. The summed E-state index contributed by atoms with van der Waals surface area (Å²) < 4.78 is 26.6. The van der Waals surface area contributed by atoms with Crippen molar-refractivity contribution in [3.8, 4) is 0 Å². The van der Waals surface area contributed by atoms with Crippen LogP contribution in [0.25, 0.3) is 0 Å². The summed E-state index contributed by atoms with van der Waals surface area (Å²) in [4.78, 5) is 19.1. The van der Waals surface area contributed by atoms with Crippen LogP contribution in [0.2, 0.25) is 0 Å². The third-order valence-corrected chi connectivity index (χ3v) is 5.10. The molecule has 0 spiro atoms. The molecule has 2 fully saturated rings. The second-order valence-electron chi connectivity index (χ2n) is 7.02. The molecule has 25 heavy (non-hydrogen) atoms. The van der Waals surface area contributed by atoms with Crippen molar-refractivity contribution in [3.05, 3.63) is 29.8 Å². The summed E-state index contributed by atoms with van der Waals surface area (Å²) in [6.07, 6.45) is 3.13. The monoisotopic (exact) mass is 352 g/mol. The Bertz CT molecular complexity index is 584. The molecule has 2 aliphatic rings. The number of nitrogens with one attached hydrogen (secondary N) is 1. The van der Waals surface area contributed by atoms with Crippen LogP contribution >= 0.6 is 0 Å². The second kappa shape index (κ2) is 8.10. The first-order chi connectivity index (χ1) is 12.0. The average Bonchev–Trinajstić information content (AvgIpc) is 2.81. The SMILES string of the molecule is CN1CCN(C2CCCCN(C(=O)Nc3cc(F)cc(F)c3)C2)CC1. The van der Waals surface area contributed by atoms with Crippen LogP contribution in [0.4, 0.5) is 19.3 Å². The van der Waals surface area contributed by atoms with Crippen molar-refractivity contribution < 1.29 is 13.6 Å². The Morgan fingerprint density at radius 3 is 2.40 bits per heavy atom. The number of hydrogen-bond donors (Lipinski definition) is 1. The zero-order valence-corrected chi connectivity index (χ0v) is 14.7. The molecule has 0 saturated carbocycles. The van der Waals surface area contributed by atoms with E-state index in [4.69, 9.17) is 0 Å². The third-order valence-electron chi connectivity index (χ3n) is 5.10. The normalized spacial score (nSPS) is 23.3. The highest BCUT2D eigenvalue weighted by molar-refractivity contribution is 5.89. The Hall–Kier alpha value is -1.73. The van der Waals surface area contributed by atoms with Gasteiger partial charge in [-0.15, -0.1) is 0 Å². The molecule has 0 aromatic heterocycles. The minimum absolute atomic E-state index is 0.155. The summed E-state index contributed by atoms with van der Waals surface area (Å²) in [5, 5.41) is 2.63. The molecule has 2 saturated heterocycles. The number of carbonyl (C=O) groups excluding carboxylic acids is 1. The minimum atomic E-state index is -0.693. The number of likely N-dealkylation sites (N-methyl/N-ethyl adjacent to an activating group) is 1. The van der Waals surface area contributed by atoms with E-state index in [1.54, 1.807) is 4.90 Å². The zero-order valence-electron chi connectivity index (χ0n) is 14.7. The highest BCUT2D eigenvalue weighted by atomic mass is 19.1. The molecule has 1 aromatic rings. The van der Waals surface area contributed by atoms with E-state index in [2.05, 4.69) is 22.2 Å². The molecule has 5 nitrogen and oxygen atoms in total. The Labute approximate surface area is 147 Å². The molecule has 1 aromatic carbocycles. The zero-order chi connectivity index (χ0) is 17.8. The van der Waals surface area contributed by atoms with Gasteiger partial charge >= 0.3 is 6.03 Å². The van der Waals surface area contributed by atoms with Crippen LogP contribution in [0.5, 0.6) is 0 Å². The summed E-state index contributed by atoms with van der Waals surface area (Å²) in [7, 11) is 2.13. The van der Waals surface area contributed by atoms with Gasteiger partial charge in [0.15, 0.2) is 0 Å². The first-order valence-corrected chi connectivity index (χ1v) is 8.96. The smallest absolute Gasteiger partial charge is 0.321 e. The fourth-order valence-corrected chi connectivity index (χ4v) is 3.62. The highest BCUT2D eigenvalue weighted by Gasteiger charge is 2.28. The minimum Gasteiger partial charge on any atom is -0.323 e. The predicted molar refractivity (Wildman–Crippen MR) is 93.7 cm³/mol. The van der Waals surface area contributed by atoms with Crippen LogP contribution < -0.4 is 5.32 Å². The number of carbonyl (C=O) groups is 1. The number of likely N-dealkylation sites (tertiary alicyclic amines) is 1. The van der Waals surface area contributed by atoms with Crippen molar-refractivity contribution in [3.63, 3.8) is 0 Å². The van der Waals surface area contributed by atoms with E-state index in [-0.39, 0.29) is 11.7 Å². The Morgan fingerprint density at radius 2 is 1.72 bits per heavy atom. The molecule has 2 aliphatic heterocycles. The van der Waals surface area contributed by atoms with E-state index in [0.717, 1.165) is 63.6 Å². The number of benzene rings is 1. The number of hydrogen-bond acceptors (Lipinski definition) is 3. The standard InChI is InChI=1S/C18H26F2N4O/c1-22-6-8-23(9-7-22)17-4-2-3-5-24(13-17)18(25)21-16-11-14(19)10-15(20)12-16/h10-12,17H,2-9,13H2,1H3,(H,21,25). The Kier molecular flexibility index (Phi) is 5.86. The van der Waals surface area contributed by atoms with Gasteiger partial charge in [-0.05, 0) is 32.0 Å². The summed E-state index contributed by atoms with van der Waals surface area (Å²) >= 11 is 0. The van der Waals surface area contributed by atoms with Gasteiger partial charge in [0.25, 0.3) is 0 Å². The van der Waals surface area contributed by atoms with Gasteiger partial charge in [-0.1, -0.05) is 6.42 Å². The van der Waals surface area contributed by atoms with E-state index in [1.165, 1.54) is 0 Å².